The molecule has 1 fully saturated rings. The molecule has 18 heavy (non-hydrogen) atoms. The Labute approximate surface area is 109 Å². The number of hydrogen-bond donors (Lipinski definition) is 1. The Kier molecular flexibility index (Phi) is 4.47. The van der Waals surface area contributed by atoms with Crippen molar-refractivity contribution in [1.29, 1.82) is 0 Å². The molecule has 0 bridgehead atoms. The van der Waals surface area contributed by atoms with Crippen molar-refractivity contribution in [2.75, 3.05) is 25.5 Å². The van der Waals surface area contributed by atoms with E-state index < -0.39 is 0 Å². The monoisotopic (exact) mass is 249 g/mol. The lowest BCUT2D eigenvalue weighted by molar-refractivity contribution is 0.254. The molecular weight excluding hydrogens is 226 g/mol. The fourth-order valence-electron chi connectivity index (χ4n) is 2.40. The van der Waals surface area contributed by atoms with Gasteiger partial charge in [0.25, 0.3) is 0 Å². The highest BCUT2D eigenvalue weighted by molar-refractivity contribution is 5.24. The van der Waals surface area contributed by atoms with Crippen molar-refractivity contribution in [2.24, 2.45) is 0 Å². The van der Waals surface area contributed by atoms with E-state index >= 15 is 0 Å². The number of hydrogen-bond acceptors (Lipinski definition) is 5. The molecule has 1 N–H and O–H groups in total. The van der Waals surface area contributed by atoms with E-state index in [2.05, 4.69) is 32.4 Å². The number of anilines is 1. The van der Waals surface area contributed by atoms with Crippen LogP contribution in [0.3, 0.4) is 0 Å². The highest BCUT2D eigenvalue weighted by Gasteiger charge is 2.18. The Bertz CT molecular complexity index is 387. The summed E-state index contributed by atoms with van der Waals surface area (Å²) in [5.74, 6) is 0.637. The minimum Gasteiger partial charge on any atom is -0.352 e. The molecule has 0 unspecified atom stereocenters. The van der Waals surface area contributed by atoms with Gasteiger partial charge >= 0.3 is 0 Å². The number of aryl methyl sites for hydroxylation is 2. The van der Waals surface area contributed by atoms with Gasteiger partial charge in [-0.3, -0.25) is 0 Å². The molecule has 1 aromatic heterocycles. The van der Waals surface area contributed by atoms with Crippen LogP contribution >= 0.6 is 0 Å². The molecule has 5 heteroatoms. The molecule has 1 aliphatic rings. The fourth-order valence-corrected chi connectivity index (χ4v) is 2.40. The van der Waals surface area contributed by atoms with Gasteiger partial charge in [0.2, 0.25) is 5.95 Å². The first kappa shape index (κ1) is 13.2. The molecule has 1 heterocycles. The zero-order valence-electron chi connectivity index (χ0n) is 11.6. The van der Waals surface area contributed by atoms with Crippen molar-refractivity contribution in [3.05, 3.63) is 11.4 Å². The summed E-state index contributed by atoms with van der Waals surface area (Å²) < 4.78 is 0. The van der Waals surface area contributed by atoms with E-state index in [-0.39, 0.29) is 0 Å². The van der Waals surface area contributed by atoms with Crippen LogP contribution in [0.2, 0.25) is 0 Å². The van der Waals surface area contributed by atoms with Crippen LogP contribution in [-0.2, 0) is 0 Å². The minimum absolute atomic E-state index is 0.637. The van der Waals surface area contributed by atoms with Gasteiger partial charge in [0.1, 0.15) is 0 Å². The standard InChI is InChI=1S/C13H23N5/c1-10-11(2)16-17-13(15-10)14-8-9-18(3)12-6-4-5-7-12/h12H,4-9H2,1-3H3,(H,14,15,17). The van der Waals surface area contributed by atoms with Gasteiger partial charge in [0.05, 0.1) is 11.4 Å². The third-order valence-corrected chi connectivity index (χ3v) is 3.79. The van der Waals surface area contributed by atoms with E-state index in [1.54, 1.807) is 0 Å². The maximum Gasteiger partial charge on any atom is 0.243 e. The predicted octanol–water partition coefficient (Wildman–Crippen LogP) is 1.77. The van der Waals surface area contributed by atoms with Gasteiger partial charge in [-0.05, 0) is 33.7 Å². The van der Waals surface area contributed by atoms with E-state index in [0.29, 0.717) is 5.95 Å². The Morgan fingerprint density at radius 1 is 1.17 bits per heavy atom. The van der Waals surface area contributed by atoms with Gasteiger partial charge in [-0.1, -0.05) is 12.8 Å². The summed E-state index contributed by atoms with van der Waals surface area (Å²) in [6.45, 7) is 5.78. The summed E-state index contributed by atoms with van der Waals surface area (Å²) in [5, 5.41) is 11.3. The first-order chi connectivity index (χ1) is 8.66. The van der Waals surface area contributed by atoms with E-state index in [0.717, 1.165) is 30.5 Å². The molecule has 1 aromatic rings. The van der Waals surface area contributed by atoms with Crippen LogP contribution in [0.5, 0.6) is 0 Å². The van der Waals surface area contributed by atoms with Gasteiger partial charge in [-0.25, -0.2) is 4.98 Å². The van der Waals surface area contributed by atoms with Gasteiger partial charge in [0.15, 0.2) is 0 Å². The van der Waals surface area contributed by atoms with Gasteiger partial charge in [0, 0.05) is 19.1 Å². The highest BCUT2D eigenvalue weighted by Crippen LogP contribution is 2.21. The summed E-state index contributed by atoms with van der Waals surface area (Å²) in [5.41, 5.74) is 1.83. The Morgan fingerprint density at radius 2 is 1.89 bits per heavy atom. The molecule has 0 amide bonds. The Hall–Kier alpha value is -1.23. The molecule has 1 aliphatic carbocycles. The lowest BCUT2D eigenvalue weighted by Gasteiger charge is -2.23. The number of rotatable bonds is 5. The molecule has 100 valence electrons. The van der Waals surface area contributed by atoms with Crippen molar-refractivity contribution in [2.45, 2.75) is 45.6 Å². The van der Waals surface area contributed by atoms with Crippen molar-refractivity contribution in [1.82, 2.24) is 20.1 Å². The quantitative estimate of drug-likeness (QED) is 0.862. The maximum absolute atomic E-state index is 4.36. The zero-order valence-corrected chi connectivity index (χ0v) is 11.6. The molecular formula is C13H23N5. The smallest absolute Gasteiger partial charge is 0.243 e. The van der Waals surface area contributed by atoms with Crippen molar-refractivity contribution < 1.29 is 0 Å². The molecule has 0 atom stereocenters. The van der Waals surface area contributed by atoms with Gasteiger partial charge < -0.3 is 10.2 Å². The highest BCUT2D eigenvalue weighted by atomic mass is 15.2. The lowest BCUT2D eigenvalue weighted by Crippen LogP contribution is -2.33. The fraction of sp³-hybridized carbons (Fsp3) is 0.769. The summed E-state index contributed by atoms with van der Waals surface area (Å²) in [7, 11) is 2.21. The van der Waals surface area contributed by atoms with Crippen LogP contribution < -0.4 is 5.32 Å². The number of aromatic nitrogens is 3. The number of nitrogens with zero attached hydrogens (tertiary/aromatic N) is 4. The third kappa shape index (κ3) is 3.38. The van der Waals surface area contributed by atoms with E-state index in [4.69, 9.17) is 0 Å². The molecule has 5 nitrogen and oxygen atoms in total. The van der Waals surface area contributed by atoms with E-state index in [1.807, 2.05) is 13.8 Å². The molecule has 2 rings (SSSR count). The first-order valence-corrected chi connectivity index (χ1v) is 6.79. The van der Waals surface area contributed by atoms with Crippen molar-refractivity contribution in [3.63, 3.8) is 0 Å². The van der Waals surface area contributed by atoms with Crippen molar-refractivity contribution in [3.8, 4) is 0 Å². The van der Waals surface area contributed by atoms with Crippen LogP contribution in [0.1, 0.15) is 37.1 Å². The van der Waals surface area contributed by atoms with Crippen LogP contribution in [0, 0.1) is 13.8 Å². The minimum atomic E-state index is 0.637. The molecule has 0 saturated heterocycles. The summed E-state index contributed by atoms with van der Waals surface area (Å²) in [4.78, 5) is 6.80. The predicted molar refractivity (Wildman–Crippen MR) is 72.7 cm³/mol. The van der Waals surface area contributed by atoms with Gasteiger partial charge in [-0.15, -0.1) is 5.10 Å². The Balaban J connectivity index is 1.75. The first-order valence-electron chi connectivity index (χ1n) is 6.79. The van der Waals surface area contributed by atoms with E-state index in [1.165, 1.54) is 25.7 Å². The topological polar surface area (TPSA) is 53.9 Å². The maximum atomic E-state index is 4.36. The normalized spacial score (nSPS) is 16.4. The van der Waals surface area contributed by atoms with Crippen molar-refractivity contribution >= 4 is 5.95 Å². The second-order valence-electron chi connectivity index (χ2n) is 5.15. The van der Waals surface area contributed by atoms with Crippen LogP contribution in [-0.4, -0.2) is 46.3 Å². The second-order valence-corrected chi connectivity index (χ2v) is 5.15. The molecule has 0 aliphatic heterocycles. The largest absolute Gasteiger partial charge is 0.352 e. The number of likely N-dealkylation sites (N-methyl/N-ethyl adjacent to an activating group) is 1. The molecule has 0 radical (unpaired) electrons. The van der Waals surface area contributed by atoms with Crippen LogP contribution in [0.4, 0.5) is 5.95 Å². The average molecular weight is 249 g/mol. The number of nitrogens with one attached hydrogen (secondary N) is 1. The molecule has 0 spiro atoms. The van der Waals surface area contributed by atoms with Crippen LogP contribution in [0.15, 0.2) is 0 Å². The molecule has 1 saturated carbocycles. The summed E-state index contributed by atoms with van der Waals surface area (Å²) >= 11 is 0. The van der Waals surface area contributed by atoms with E-state index in [9.17, 15) is 0 Å². The SMILES string of the molecule is Cc1nnc(NCCN(C)C2CCCC2)nc1C. The Morgan fingerprint density at radius 3 is 2.56 bits per heavy atom. The molecule has 0 aromatic carbocycles. The third-order valence-electron chi connectivity index (χ3n) is 3.79. The van der Waals surface area contributed by atoms with Crippen LogP contribution in [0.25, 0.3) is 0 Å². The average Bonchev–Trinajstić information content (AvgIpc) is 2.87. The summed E-state index contributed by atoms with van der Waals surface area (Å²) in [6.07, 6.45) is 5.45. The second kappa shape index (κ2) is 6.09. The lowest BCUT2D eigenvalue weighted by atomic mass is 10.2. The summed E-state index contributed by atoms with van der Waals surface area (Å²) in [6, 6.07) is 0.769. The zero-order chi connectivity index (χ0) is 13.0. The van der Waals surface area contributed by atoms with Gasteiger partial charge in [-0.2, -0.15) is 5.10 Å².